The van der Waals surface area contributed by atoms with Gasteiger partial charge in [0.2, 0.25) is 0 Å². The Morgan fingerprint density at radius 1 is 1.22 bits per heavy atom. The van der Waals surface area contributed by atoms with Crippen LogP contribution in [0.1, 0.15) is 69.9 Å². The maximum absolute atomic E-state index is 11.0. The van der Waals surface area contributed by atoms with Gasteiger partial charge < -0.3 is 15.3 Å². The molecule has 2 aliphatic carbocycles. The van der Waals surface area contributed by atoms with Crippen LogP contribution < -0.4 is 0 Å². The van der Waals surface area contributed by atoms with Gasteiger partial charge in [0.15, 0.2) is 0 Å². The van der Waals surface area contributed by atoms with E-state index in [-0.39, 0.29) is 5.41 Å². The summed E-state index contributed by atoms with van der Waals surface area (Å²) in [5, 5.41) is 31.6. The van der Waals surface area contributed by atoms with Crippen molar-refractivity contribution in [3.8, 4) is 5.75 Å². The third kappa shape index (κ3) is 2.68. The lowest BCUT2D eigenvalue weighted by Crippen LogP contribution is -2.57. The average molecular weight is 318 g/mol. The molecule has 0 amide bonds. The van der Waals surface area contributed by atoms with Gasteiger partial charge in [-0.15, -0.1) is 0 Å². The Balaban J connectivity index is 1.96. The van der Waals surface area contributed by atoms with E-state index < -0.39 is 11.7 Å². The number of unbranched alkanes of at least 4 members (excludes halogenated alkanes) is 1. The number of phenolic OH excluding ortho intramolecular Hbond substituents is 1. The second-order valence-corrected chi connectivity index (χ2v) is 7.72. The van der Waals surface area contributed by atoms with Crippen LogP contribution in [0.15, 0.2) is 18.2 Å². The highest BCUT2D eigenvalue weighted by Crippen LogP contribution is 2.55. The summed E-state index contributed by atoms with van der Waals surface area (Å²) < 4.78 is 0. The molecule has 1 aromatic rings. The van der Waals surface area contributed by atoms with Crippen molar-refractivity contribution in [2.45, 2.75) is 82.3 Å². The molecule has 1 aromatic carbocycles. The monoisotopic (exact) mass is 318 g/mol. The van der Waals surface area contributed by atoms with Gasteiger partial charge in [-0.25, -0.2) is 0 Å². The fourth-order valence-corrected chi connectivity index (χ4v) is 5.15. The molecule has 1 fully saturated rings. The van der Waals surface area contributed by atoms with E-state index in [1.54, 1.807) is 6.07 Å². The highest BCUT2D eigenvalue weighted by molar-refractivity contribution is 5.43. The zero-order valence-corrected chi connectivity index (χ0v) is 14.4. The Kier molecular flexibility index (Phi) is 4.45. The molecule has 3 heteroatoms. The average Bonchev–Trinajstić information content (AvgIpc) is 2.54. The van der Waals surface area contributed by atoms with Crippen molar-refractivity contribution in [2.75, 3.05) is 0 Å². The molecule has 128 valence electrons. The first-order chi connectivity index (χ1) is 10.9. The van der Waals surface area contributed by atoms with Gasteiger partial charge in [0.1, 0.15) is 5.75 Å². The number of rotatable bonds is 4. The topological polar surface area (TPSA) is 60.7 Å². The van der Waals surface area contributed by atoms with Gasteiger partial charge in [0, 0.05) is 5.41 Å². The summed E-state index contributed by atoms with van der Waals surface area (Å²) in [5.74, 6) is 0.735. The SMILES string of the molecule is CCCCC1(O)C[C@H]2CCc3cc(O)ccc3C2(CC)C[C@@H]1O. The third-order valence-electron chi connectivity index (χ3n) is 6.54. The van der Waals surface area contributed by atoms with E-state index in [0.717, 1.165) is 32.1 Å². The summed E-state index contributed by atoms with van der Waals surface area (Å²) in [4.78, 5) is 0. The summed E-state index contributed by atoms with van der Waals surface area (Å²) in [5.41, 5.74) is 1.52. The number of aryl methyl sites for hydroxylation is 1. The minimum Gasteiger partial charge on any atom is -0.508 e. The number of phenols is 1. The molecule has 0 heterocycles. The van der Waals surface area contributed by atoms with E-state index in [1.165, 1.54) is 11.1 Å². The number of hydrogen-bond acceptors (Lipinski definition) is 3. The maximum Gasteiger partial charge on any atom is 0.115 e. The molecular weight excluding hydrogens is 288 g/mol. The molecule has 0 saturated heterocycles. The summed E-state index contributed by atoms with van der Waals surface area (Å²) in [6.45, 7) is 4.32. The quantitative estimate of drug-likeness (QED) is 0.793. The fourth-order valence-electron chi connectivity index (χ4n) is 5.15. The van der Waals surface area contributed by atoms with Crippen molar-refractivity contribution in [1.82, 2.24) is 0 Å². The van der Waals surface area contributed by atoms with Crippen molar-refractivity contribution >= 4 is 0 Å². The molecule has 4 atom stereocenters. The van der Waals surface area contributed by atoms with Crippen molar-refractivity contribution in [3.05, 3.63) is 29.3 Å². The van der Waals surface area contributed by atoms with Crippen LogP contribution in [0.4, 0.5) is 0 Å². The molecule has 0 spiro atoms. The summed E-state index contributed by atoms with van der Waals surface area (Å²) in [6.07, 6.45) is 6.32. The maximum atomic E-state index is 11.0. The first kappa shape index (κ1) is 16.8. The minimum atomic E-state index is -0.923. The lowest BCUT2D eigenvalue weighted by molar-refractivity contribution is -0.144. The Hall–Kier alpha value is -1.06. The zero-order chi connectivity index (χ0) is 16.7. The van der Waals surface area contributed by atoms with Crippen molar-refractivity contribution < 1.29 is 15.3 Å². The molecule has 3 rings (SSSR count). The molecule has 3 nitrogen and oxygen atoms in total. The molecule has 23 heavy (non-hydrogen) atoms. The first-order valence-corrected chi connectivity index (χ1v) is 9.18. The van der Waals surface area contributed by atoms with E-state index >= 15 is 0 Å². The van der Waals surface area contributed by atoms with Crippen LogP contribution in [0.3, 0.4) is 0 Å². The second-order valence-electron chi connectivity index (χ2n) is 7.72. The standard InChI is InChI=1S/C20H30O3/c1-3-5-10-20(23)12-15-7-6-14-11-16(21)8-9-17(14)19(15,4-2)13-18(20)22/h8-9,11,15,18,21-23H,3-7,10,12-13H2,1-2H3/t15-,18+,19?,20?/m1/s1. The Bertz CT molecular complexity index is 570. The predicted octanol–water partition coefficient (Wildman–Crippen LogP) is 3.68. The molecule has 0 aromatic heterocycles. The summed E-state index contributed by atoms with van der Waals surface area (Å²) >= 11 is 0. The number of aromatic hydroxyl groups is 1. The van der Waals surface area contributed by atoms with Crippen LogP contribution in [0, 0.1) is 5.92 Å². The molecule has 0 aliphatic heterocycles. The van der Waals surface area contributed by atoms with Crippen LogP contribution in [0.25, 0.3) is 0 Å². The van der Waals surface area contributed by atoms with Gasteiger partial charge in [-0.3, -0.25) is 0 Å². The minimum absolute atomic E-state index is 0.0564. The van der Waals surface area contributed by atoms with E-state index in [4.69, 9.17) is 0 Å². The molecule has 2 unspecified atom stereocenters. The van der Waals surface area contributed by atoms with Crippen LogP contribution in [-0.2, 0) is 11.8 Å². The number of aliphatic hydroxyl groups is 2. The van der Waals surface area contributed by atoms with Gasteiger partial charge in [-0.2, -0.15) is 0 Å². The zero-order valence-electron chi connectivity index (χ0n) is 14.4. The van der Waals surface area contributed by atoms with Gasteiger partial charge >= 0.3 is 0 Å². The Morgan fingerprint density at radius 3 is 2.70 bits per heavy atom. The normalized spacial score (nSPS) is 36.3. The van der Waals surface area contributed by atoms with E-state index in [0.29, 0.717) is 30.9 Å². The van der Waals surface area contributed by atoms with Gasteiger partial charge in [-0.05, 0) is 67.7 Å². The van der Waals surface area contributed by atoms with Crippen LogP contribution in [0.2, 0.25) is 0 Å². The highest BCUT2D eigenvalue weighted by atomic mass is 16.3. The molecule has 3 N–H and O–H groups in total. The summed E-state index contributed by atoms with van der Waals surface area (Å²) in [7, 11) is 0. The largest absolute Gasteiger partial charge is 0.508 e. The molecule has 0 radical (unpaired) electrons. The highest BCUT2D eigenvalue weighted by Gasteiger charge is 2.54. The number of aliphatic hydroxyl groups excluding tert-OH is 1. The van der Waals surface area contributed by atoms with Crippen LogP contribution in [-0.4, -0.2) is 27.0 Å². The number of fused-ring (bicyclic) bond motifs is 3. The number of hydrogen-bond donors (Lipinski definition) is 3. The predicted molar refractivity (Wildman–Crippen MR) is 91.6 cm³/mol. The lowest BCUT2D eigenvalue weighted by atomic mass is 9.52. The first-order valence-electron chi connectivity index (χ1n) is 9.18. The second kappa shape index (κ2) is 6.10. The van der Waals surface area contributed by atoms with Crippen LogP contribution >= 0.6 is 0 Å². The summed E-state index contributed by atoms with van der Waals surface area (Å²) in [6, 6.07) is 5.69. The lowest BCUT2D eigenvalue weighted by Gasteiger charge is -2.55. The van der Waals surface area contributed by atoms with Crippen molar-refractivity contribution in [3.63, 3.8) is 0 Å². The molecule has 0 bridgehead atoms. The third-order valence-corrected chi connectivity index (χ3v) is 6.54. The Morgan fingerprint density at radius 2 is 2.00 bits per heavy atom. The van der Waals surface area contributed by atoms with Gasteiger partial charge in [0.25, 0.3) is 0 Å². The van der Waals surface area contributed by atoms with Gasteiger partial charge in [-0.1, -0.05) is 32.8 Å². The van der Waals surface area contributed by atoms with Gasteiger partial charge in [0.05, 0.1) is 11.7 Å². The molecule has 1 saturated carbocycles. The smallest absolute Gasteiger partial charge is 0.115 e. The number of benzene rings is 1. The van der Waals surface area contributed by atoms with E-state index in [2.05, 4.69) is 13.8 Å². The fraction of sp³-hybridized carbons (Fsp3) is 0.700. The molecule has 2 aliphatic rings. The molecular formula is C20H30O3. The van der Waals surface area contributed by atoms with Crippen LogP contribution in [0.5, 0.6) is 5.75 Å². The van der Waals surface area contributed by atoms with E-state index in [9.17, 15) is 15.3 Å². The van der Waals surface area contributed by atoms with Crippen molar-refractivity contribution in [1.29, 1.82) is 0 Å². The Labute approximate surface area is 139 Å². The van der Waals surface area contributed by atoms with E-state index in [1.807, 2.05) is 12.1 Å². The van der Waals surface area contributed by atoms with Crippen molar-refractivity contribution in [2.24, 2.45) is 5.92 Å².